The van der Waals surface area contributed by atoms with Crippen molar-refractivity contribution in [2.45, 2.75) is 38.9 Å². The standard InChI is InChI=1S/C18H19BCl2O2/c1-17(2)18(3,4)23-19(22-17)14-10-7-9-13(16(14)21)12-8-5-6-11-15(12)20/h5-11H,1-4H3. The molecule has 0 radical (unpaired) electrons. The molecule has 0 spiro atoms. The van der Waals surface area contributed by atoms with Crippen molar-refractivity contribution in [1.29, 1.82) is 0 Å². The highest BCUT2D eigenvalue weighted by atomic mass is 35.5. The van der Waals surface area contributed by atoms with Gasteiger partial charge in [-0.25, -0.2) is 0 Å². The van der Waals surface area contributed by atoms with Gasteiger partial charge in [-0.3, -0.25) is 0 Å². The van der Waals surface area contributed by atoms with Crippen molar-refractivity contribution in [2.75, 3.05) is 0 Å². The molecule has 1 aliphatic heterocycles. The fourth-order valence-corrected chi connectivity index (χ4v) is 3.14. The zero-order valence-corrected chi connectivity index (χ0v) is 15.2. The summed E-state index contributed by atoms with van der Waals surface area (Å²) in [6.07, 6.45) is 0. The molecule has 0 atom stereocenters. The van der Waals surface area contributed by atoms with Gasteiger partial charge in [0.1, 0.15) is 0 Å². The third-order valence-electron chi connectivity index (χ3n) is 4.70. The molecule has 2 nitrogen and oxygen atoms in total. The largest absolute Gasteiger partial charge is 0.496 e. The molecule has 0 saturated carbocycles. The van der Waals surface area contributed by atoms with Crippen molar-refractivity contribution >= 4 is 35.8 Å². The molecule has 2 aromatic carbocycles. The molecule has 0 aromatic heterocycles. The molecule has 0 unspecified atom stereocenters. The first-order valence-electron chi connectivity index (χ1n) is 7.62. The molecular weight excluding hydrogens is 330 g/mol. The van der Waals surface area contributed by atoms with Crippen LogP contribution in [-0.4, -0.2) is 18.3 Å². The summed E-state index contributed by atoms with van der Waals surface area (Å²) in [6, 6.07) is 13.5. The van der Waals surface area contributed by atoms with Crippen LogP contribution in [0.15, 0.2) is 42.5 Å². The topological polar surface area (TPSA) is 18.5 Å². The summed E-state index contributed by atoms with van der Waals surface area (Å²) in [4.78, 5) is 0. The molecule has 1 saturated heterocycles. The van der Waals surface area contributed by atoms with Gasteiger partial charge in [-0.2, -0.15) is 0 Å². The first-order chi connectivity index (χ1) is 10.7. The summed E-state index contributed by atoms with van der Waals surface area (Å²) < 4.78 is 12.2. The molecule has 3 rings (SSSR count). The summed E-state index contributed by atoms with van der Waals surface area (Å²) in [5, 5.41) is 1.28. The van der Waals surface area contributed by atoms with Crippen molar-refractivity contribution in [3.63, 3.8) is 0 Å². The zero-order valence-electron chi connectivity index (χ0n) is 13.7. The molecule has 0 bridgehead atoms. The van der Waals surface area contributed by atoms with E-state index in [4.69, 9.17) is 32.5 Å². The lowest BCUT2D eigenvalue weighted by molar-refractivity contribution is 0.00578. The number of hydrogen-bond acceptors (Lipinski definition) is 2. The third-order valence-corrected chi connectivity index (χ3v) is 5.45. The second kappa shape index (κ2) is 5.82. The van der Waals surface area contributed by atoms with Gasteiger partial charge in [-0.1, -0.05) is 59.6 Å². The Morgan fingerprint density at radius 1 is 0.783 bits per heavy atom. The minimum atomic E-state index is -0.491. The zero-order chi connectivity index (χ0) is 16.8. The molecule has 0 amide bonds. The first kappa shape index (κ1) is 16.8. The average molecular weight is 349 g/mol. The lowest BCUT2D eigenvalue weighted by Crippen LogP contribution is -2.41. The van der Waals surface area contributed by atoms with Crippen LogP contribution < -0.4 is 5.46 Å². The Bertz CT molecular complexity index is 728. The molecule has 1 fully saturated rings. The summed E-state index contributed by atoms with van der Waals surface area (Å²) >= 11 is 13.0. The van der Waals surface area contributed by atoms with Gasteiger partial charge in [-0.15, -0.1) is 0 Å². The van der Waals surface area contributed by atoms with Crippen molar-refractivity contribution < 1.29 is 9.31 Å². The van der Waals surface area contributed by atoms with Crippen LogP contribution in [0.3, 0.4) is 0 Å². The number of halogens is 2. The van der Waals surface area contributed by atoms with Gasteiger partial charge in [0.05, 0.1) is 11.2 Å². The number of hydrogen-bond donors (Lipinski definition) is 0. The molecule has 23 heavy (non-hydrogen) atoms. The fourth-order valence-electron chi connectivity index (χ4n) is 2.59. The van der Waals surface area contributed by atoms with Gasteiger partial charge < -0.3 is 9.31 Å². The monoisotopic (exact) mass is 348 g/mol. The quantitative estimate of drug-likeness (QED) is 0.714. The van der Waals surface area contributed by atoms with E-state index in [1.54, 1.807) is 0 Å². The lowest BCUT2D eigenvalue weighted by atomic mass is 9.77. The maximum Gasteiger partial charge on any atom is 0.496 e. The highest BCUT2D eigenvalue weighted by Gasteiger charge is 2.52. The summed E-state index contributed by atoms with van der Waals surface area (Å²) in [7, 11) is -0.491. The van der Waals surface area contributed by atoms with Crippen LogP contribution in [0.5, 0.6) is 0 Å². The van der Waals surface area contributed by atoms with Crippen LogP contribution in [0.2, 0.25) is 10.0 Å². The van der Waals surface area contributed by atoms with E-state index >= 15 is 0 Å². The van der Waals surface area contributed by atoms with Crippen LogP contribution >= 0.6 is 23.2 Å². The van der Waals surface area contributed by atoms with E-state index in [0.29, 0.717) is 10.0 Å². The predicted molar refractivity (Wildman–Crippen MR) is 97.6 cm³/mol. The van der Waals surface area contributed by atoms with Crippen LogP contribution in [0, 0.1) is 0 Å². The highest BCUT2D eigenvalue weighted by Crippen LogP contribution is 2.38. The van der Waals surface area contributed by atoms with Crippen molar-refractivity contribution in [2.24, 2.45) is 0 Å². The fraction of sp³-hybridized carbons (Fsp3) is 0.333. The van der Waals surface area contributed by atoms with Crippen LogP contribution in [0.1, 0.15) is 27.7 Å². The number of rotatable bonds is 2. The van der Waals surface area contributed by atoms with E-state index in [-0.39, 0.29) is 0 Å². The van der Waals surface area contributed by atoms with Gasteiger partial charge in [0.25, 0.3) is 0 Å². The average Bonchev–Trinajstić information content (AvgIpc) is 2.68. The second-order valence-corrected chi connectivity index (χ2v) is 7.56. The molecule has 5 heteroatoms. The summed E-state index contributed by atoms with van der Waals surface area (Å²) in [5.41, 5.74) is 1.80. The van der Waals surface area contributed by atoms with Crippen LogP contribution in [0.4, 0.5) is 0 Å². The minimum Gasteiger partial charge on any atom is -0.399 e. The summed E-state index contributed by atoms with van der Waals surface area (Å²) in [6.45, 7) is 8.11. The molecule has 1 heterocycles. The smallest absolute Gasteiger partial charge is 0.399 e. The second-order valence-electron chi connectivity index (χ2n) is 6.78. The Labute approximate surface area is 147 Å². The molecular formula is C18H19BCl2O2. The van der Waals surface area contributed by atoms with Gasteiger partial charge in [0.2, 0.25) is 0 Å². The van der Waals surface area contributed by atoms with E-state index in [9.17, 15) is 0 Å². The van der Waals surface area contributed by atoms with Crippen molar-refractivity contribution in [1.82, 2.24) is 0 Å². The summed E-state index contributed by atoms with van der Waals surface area (Å²) in [5.74, 6) is 0. The SMILES string of the molecule is CC1(C)OB(c2cccc(-c3ccccc3Cl)c2Cl)OC1(C)C. The first-order valence-corrected chi connectivity index (χ1v) is 8.37. The Morgan fingerprint density at radius 2 is 1.35 bits per heavy atom. The number of benzene rings is 2. The van der Waals surface area contributed by atoms with Gasteiger partial charge in [0.15, 0.2) is 0 Å². The predicted octanol–water partition coefficient (Wildman–Crippen LogP) is 4.96. The minimum absolute atomic E-state index is 0.401. The molecule has 1 aliphatic rings. The molecule has 120 valence electrons. The van der Waals surface area contributed by atoms with Gasteiger partial charge in [-0.05, 0) is 33.8 Å². The maximum atomic E-state index is 6.66. The Morgan fingerprint density at radius 3 is 1.96 bits per heavy atom. The van der Waals surface area contributed by atoms with E-state index in [2.05, 4.69) is 0 Å². The molecule has 0 aliphatic carbocycles. The third kappa shape index (κ3) is 2.92. The Hall–Kier alpha value is -0.995. The highest BCUT2D eigenvalue weighted by molar-refractivity contribution is 6.66. The van der Waals surface area contributed by atoms with E-state index in [0.717, 1.165) is 16.6 Å². The van der Waals surface area contributed by atoms with Gasteiger partial charge in [0, 0.05) is 26.6 Å². The van der Waals surface area contributed by atoms with E-state index < -0.39 is 18.3 Å². The van der Waals surface area contributed by atoms with E-state index in [1.807, 2.05) is 70.2 Å². The molecule has 2 aromatic rings. The normalized spacial score (nSPS) is 19.1. The Kier molecular flexibility index (Phi) is 4.26. The van der Waals surface area contributed by atoms with Crippen LogP contribution in [0.25, 0.3) is 11.1 Å². The lowest BCUT2D eigenvalue weighted by Gasteiger charge is -2.32. The van der Waals surface area contributed by atoms with Crippen LogP contribution in [-0.2, 0) is 9.31 Å². The Balaban J connectivity index is 2.04. The molecule has 0 N–H and O–H groups in total. The van der Waals surface area contributed by atoms with Crippen molar-refractivity contribution in [3.8, 4) is 11.1 Å². The van der Waals surface area contributed by atoms with E-state index in [1.165, 1.54) is 0 Å². The maximum absolute atomic E-state index is 6.66. The van der Waals surface area contributed by atoms with Gasteiger partial charge >= 0.3 is 7.12 Å². The van der Waals surface area contributed by atoms with Crippen molar-refractivity contribution in [3.05, 3.63) is 52.5 Å².